The topological polar surface area (TPSA) is 235 Å². The standard InChI is InChI=1S/C21H33N7O6S2/c22-13(2-1-7-25-21(23)24)17(30)26-14(8-11-3-5-12(29)6-4-11)18(31)27-15(9-35)19(32)28-16(10-36)20(33)34/h3-6,13-16,29,35-36H,1-2,7-10,22H2,(H,26,30)(H,27,31)(H,28,32)(H,33,34)(H4,23,24,25). The summed E-state index contributed by atoms with van der Waals surface area (Å²) < 4.78 is 0. The molecule has 0 saturated carbocycles. The Balaban J connectivity index is 2.95. The maximum atomic E-state index is 13.1. The number of carboxylic acid groups (broad SMARTS) is 1. The number of guanidine groups is 1. The second-order valence-electron chi connectivity index (χ2n) is 7.81. The SMILES string of the molecule is NC(N)=NCCCC(N)C(=O)NC(Cc1ccc(O)cc1)C(=O)NC(CS)C(=O)NC(CS)C(=O)O. The molecule has 15 heteroatoms. The van der Waals surface area contributed by atoms with Gasteiger partial charge in [0.05, 0.1) is 6.04 Å². The van der Waals surface area contributed by atoms with Gasteiger partial charge < -0.3 is 43.4 Å². The number of nitrogens with one attached hydrogen (secondary N) is 3. The van der Waals surface area contributed by atoms with E-state index in [4.69, 9.17) is 22.3 Å². The fraction of sp³-hybridized carbons (Fsp3) is 0.476. The van der Waals surface area contributed by atoms with Crippen LogP contribution in [-0.2, 0) is 25.6 Å². The molecule has 0 bridgehead atoms. The Kier molecular flexibility index (Phi) is 13.5. The number of amides is 3. The maximum Gasteiger partial charge on any atom is 0.327 e. The van der Waals surface area contributed by atoms with Crippen LogP contribution in [0.5, 0.6) is 5.75 Å². The molecule has 4 unspecified atom stereocenters. The lowest BCUT2D eigenvalue weighted by Gasteiger charge is -2.24. The van der Waals surface area contributed by atoms with Crippen LogP contribution in [0.3, 0.4) is 0 Å². The number of carboxylic acids is 1. The Morgan fingerprint density at radius 3 is 1.94 bits per heavy atom. The molecule has 4 atom stereocenters. The number of aliphatic carboxylic acids is 1. The van der Waals surface area contributed by atoms with Crippen molar-refractivity contribution in [2.75, 3.05) is 18.1 Å². The number of nitrogens with two attached hydrogens (primary N) is 3. The first-order chi connectivity index (χ1) is 17.0. The smallest absolute Gasteiger partial charge is 0.327 e. The summed E-state index contributed by atoms with van der Waals surface area (Å²) in [5.41, 5.74) is 17.1. The molecular formula is C21H33N7O6S2. The van der Waals surface area contributed by atoms with Crippen molar-refractivity contribution in [1.82, 2.24) is 16.0 Å². The van der Waals surface area contributed by atoms with E-state index >= 15 is 0 Å². The van der Waals surface area contributed by atoms with Gasteiger partial charge in [-0.1, -0.05) is 12.1 Å². The second kappa shape index (κ2) is 15.7. The number of carbonyl (C=O) groups excluding carboxylic acids is 3. The molecule has 0 aliphatic carbocycles. The predicted molar refractivity (Wildman–Crippen MR) is 141 cm³/mol. The normalized spacial score (nSPS) is 14.0. The monoisotopic (exact) mass is 543 g/mol. The fourth-order valence-corrected chi connectivity index (χ4v) is 3.44. The van der Waals surface area contributed by atoms with Crippen molar-refractivity contribution in [3.05, 3.63) is 29.8 Å². The maximum absolute atomic E-state index is 13.1. The van der Waals surface area contributed by atoms with Crippen LogP contribution >= 0.6 is 25.3 Å². The van der Waals surface area contributed by atoms with Gasteiger partial charge in [0, 0.05) is 24.5 Å². The largest absolute Gasteiger partial charge is 0.508 e. The minimum atomic E-state index is -1.28. The van der Waals surface area contributed by atoms with E-state index in [2.05, 4.69) is 46.2 Å². The van der Waals surface area contributed by atoms with Gasteiger partial charge in [0.25, 0.3) is 0 Å². The van der Waals surface area contributed by atoms with Gasteiger partial charge in [-0.2, -0.15) is 25.3 Å². The molecule has 0 radical (unpaired) electrons. The van der Waals surface area contributed by atoms with Crippen LogP contribution in [0.15, 0.2) is 29.3 Å². The molecule has 0 saturated heterocycles. The number of benzene rings is 1. The van der Waals surface area contributed by atoms with E-state index < -0.39 is 47.9 Å². The highest BCUT2D eigenvalue weighted by Gasteiger charge is 2.29. The minimum Gasteiger partial charge on any atom is -0.508 e. The molecule has 1 aromatic carbocycles. The highest BCUT2D eigenvalue weighted by Crippen LogP contribution is 2.12. The van der Waals surface area contributed by atoms with Gasteiger partial charge in [-0.05, 0) is 30.5 Å². The number of nitrogens with zero attached hydrogens (tertiary/aromatic N) is 1. The molecule has 13 nitrogen and oxygen atoms in total. The molecule has 0 aliphatic heterocycles. The van der Waals surface area contributed by atoms with Crippen LogP contribution in [0, 0.1) is 0 Å². The van der Waals surface area contributed by atoms with Crippen LogP contribution in [0.4, 0.5) is 0 Å². The van der Waals surface area contributed by atoms with E-state index in [0.29, 0.717) is 12.0 Å². The van der Waals surface area contributed by atoms with Gasteiger partial charge in [0.2, 0.25) is 17.7 Å². The minimum absolute atomic E-state index is 0.0217. The summed E-state index contributed by atoms with van der Waals surface area (Å²) in [6.07, 6.45) is 0.700. The number of phenols is 1. The third kappa shape index (κ3) is 11.0. The summed E-state index contributed by atoms with van der Waals surface area (Å²) in [5, 5.41) is 26.0. The van der Waals surface area contributed by atoms with Gasteiger partial charge in [-0.25, -0.2) is 4.79 Å². The lowest BCUT2D eigenvalue weighted by molar-refractivity contribution is -0.141. The lowest BCUT2D eigenvalue weighted by Crippen LogP contribution is -2.58. The number of hydrogen-bond donors (Lipinski definition) is 10. The average Bonchev–Trinajstić information content (AvgIpc) is 2.83. The highest BCUT2D eigenvalue weighted by molar-refractivity contribution is 7.80. The molecular weight excluding hydrogens is 510 g/mol. The van der Waals surface area contributed by atoms with Crippen molar-refractivity contribution in [1.29, 1.82) is 0 Å². The van der Waals surface area contributed by atoms with Crippen molar-refractivity contribution >= 4 is 54.9 Å². The van der Waals surface area contributed by atoms with Crippen molar-refractivity contribution in [2.45, 2.75) is 43.4 Å². The Morgan fingerprint density at radius 2 is 1.42 bits per heavy atom. The Morgan fingerprint density at radius 1 is 0.889 bits per heavy atom. The zero-order valence-corrected chi connectivity index (χ0v) is 21.3. The molecule has 3 amide bonds. The first-order valence-electron chi connectivity index (χ1n) is 10.9. The number of rotatable bonds is 15. The van der Waals surface area contributed by atoms with Gasteiger partial charge in [-0.15, -0.1) is 0 Å². The highest BCUT2D eigenvalue weighted by atomic mass is 32.1. The lowest BCUT2D eigenvalue weighted by atomic mass is 10.0. The predicted octanol–water partition coefficient (Wildman–Crippen LogP) is -2.29. The van der Waals surface area contributed by atoms with Gasteiger partial charge in [-0.3, -0.25) is 19.4 Å². The Bertz CT molecular complexity index is 928. The van der Waals surface area contributed by atoms with Crippen LogP contribution < -0.4 is 33.2 Å². The summed E-state index contributed by atoms with van der Waals surface area (Å²) in [4.78, 5) is 53.2. The van der Waals surface area contributed by atoms with E-state index in [1.807, 2.05) is 0 Å². The van der Waals surface area contributed by atoms with Crippen molar-refractivity contribution in [2.24, 2.45) is 22.2 Å². The molecule has 1 aromatic rings. The van der Waals surface area contributed by atoms with E-state index in [1.54, 1.807) is 12.1 Å². The van der Waals surface area contributed by atoms with Gasteiger partial charge in [0.1, 0.15) is 23.9 Å². The van der Waals surface area contributed by atoms with Crippen LogP contribution in [-0.4, -0.2) is 82.1 Å². The molecule has 1 rings (SSSR count). The molecule has 200 valence electrons. The average molecular weight is 544 g/mol. The third-order valence-corrected chi connectivity index (χ3v) is 5.66. The molecule has 0 aromatic heterocycles. The number of thiol groups is 2. The second-order valence-corrected chi connectivity index (χ2v) is 8.54. The fourth-order valence-electron chi connectivity index (χ4n) is 2.93. The Hall–Kier alpha value is -3.17. The first kappa shape index (κ1) is 30.9. The molecule has 0 spiro atoms. The molecule has 0 fully saturated rings. The van der Waals surface area contributed by atoms with Crippen molar-refractivity contribution in [3.63, 3.8) is 0 Å². The summed E-state index contributed by atoms with van der Waals surface area (Å²) in [6, 6.07) is 1.46. The zero-order chi connectivity index (χ0) is 27.3. The zero-order valence-electron chi connectivity index (χ0n) is 19.5. The molecule has 0 heterocycles. The van der Waals surface area contributed by atoms with Gasteiger partial charge in [0.15, 0.2) is 5.96 Å². The summed E-state index contributed by atoms with van der Waals surface area (Å²) in [6.45, 7) is 0.281. The number of aliphatic imine (C=N–C) groups is 1. The van der Waals surface area contributed by atoms with E-state index in [-0.39, 0.29) is 42.6 Å². The van der Waals surface area contributed by atoms with E-state index in [1.165, 1.54) is 12.1 Å². The number of hydrogen-bond acceptors (Lipinski definition) is 9. The van der Waals surface area contributed by atoms with Crippen molar-refractivity contribution < 1.29 is 29.4 Å². The Labute approximate surface area is 219 Å². The van der Waals surface area contributed by atoms with E-state index in [0.717, 1.165) is 0 Å². The molecule has 0 aliphatic rings. The van der Waals surface area contributed by atoms with Gasteiger partial charge >= 0.3 is 5.97 Å². The summed E-state index contributed by atoms with van der Waals surface area (Å²) in [7, 11) is 0. The number of aromatic hydroxyl groups is 1. The number of carbonyl (C=O) groups is 4. The van der Waals surface area contributed by atoms with Crippen LogP contribution in [0.2, 0.25) is 0 Å². The first-order valence-corrected chi connectivity index (χ1v) is 12.2. The molecule has 36 heavy (non-hydrogen) atoms. The summed E-state index contributed by atoms with van der Waals surface area (Å²) >= 11 is 7.96. The van der Waals surface area contributed by atoms with Crippen molar-refractivity contribution in [3.8, 4) is 5.75 Å². The quantitative estimate of drug-likeness (QED) is 0.0495. The van der Waals surface area contributed by atoms with Crippen LogP contribution in [0.1, 0.15) is 18.4 Å². The molecule has 11 N–H and O–H groups in total. The summed E-state index contributed by atoms with van der Waals surface area (Å²) in [5.74, 6) is -3.72. The third-order valence-electron chi connectivity index (χ3n) is 4.93. The number of phenolic OH excluding ortho intramolecular Hbond substituents is 1. The van der Waals surface area contributed by atoms with Crippen LogP contribution in [0.25, 0.3) is 0 Å². The van der Waals surface area contributed by atoms with E-state index in [9.17, 15) is 24.3 Å².